The molecule has 0 fully saturated rings. The summed E-state index contributed by atoms with van der Waals surface area (Å²) in [6.07, 6.45) is -5.36. The third-order valence-corrected chi connectivity index (χ3v) is 21.0. The first-order valence-electron chi connectivity index (χ1n) is 41.2. The average molecular weight is 1850 g/mol. The lowest BCUT2D eigenvalue weighted by molar-refractivity contribution is -0.148. The molecular weight excluding hydrogens is 1740 g/mol. The van der Waals surface area contributed by atoms with E-state index in [0.29, 0.717) is 79.5 Å². The highest BCUT2D eigenvalue weighted by molar-refractivity contribution is 7.09. The Morgan fingerprint density at radius 3 is 1.03 bits per heavy atom. The van der Waals surface area contributed by atoms with Crippen LogP contribution >= 0.6 is 11.3 Å². The van der Waals surface area contributed by atoms with Gasteiger partial charge in [0.05, 0.1) is 34.0 Å². The average Bonchev–Trinajstić information content (AvgIpc) is 1.10. The predicted octanol–water partition coefficient (Wildman–Crippen LogP) is 20.8. The van der Waals surface area contributed by atoms with Crippen LogP contribution in [0.1, 0.15) is 204 Å². The fourth-order valence-electron chi connectivity index (χ4n) is 14.3. The summed E-state index contributed by atoms with van der Waals surface area (Å²) in [6.45, 7) is 22.8. The van der Waals surface area contributed by atoms with E-state index in [1.165, 1.54) is 66.2 Å². The quantitative estimate of drug-likeness (QED) is 0.0439. The Morgan fingerprint density at radius 2 is 0.708 bits per heavy atom. The fraction of sp³-hybridized carbons (Fsp3) is 0.432. The maximum atomic E-state index is 14.1. The zero-order chi connectivity index (χ0) is 96.1. The van der Waals surface area contributed by atoms with Crippen molar-refractivity contribution in [2.45, 2.75) is 214 Å². The van der Waals surface area contributed by atoms with Crippen molar-refractivity contribution in [3.05, 3.63) is 245 Å². The first-order valence-corrected chi connectivity index (χ1v) is 42.1. The lowest BCUT2D eigenvalue weighted by Gasteiger charge is -2.36. The minimum absolute atomic E-state index is 0.000263. The summed E-state index contributed by atoms with van der Waals surface area (Å²) in [4.78, 5) is 107. The Bertz CT molecular complexity index is 5380. The normalized spacial score (nSPS) is 16.1. The molecule has 1 aromatic heterocycles. The van der Waals surface area contributed by atoms with Crippen molar-refractivity contribution in [1.82, 2.24) is 19.6 Å². The molecule has 0 unspecified atom stereocenters. The fourth-order valence-corrected chi connectivity index (χ4v) is 14.9. The first kappa shape index (κ1) is 101. The Kier molecular flexibility index (Phi) is 32.8. The van der Waals surface area contributed by atoms with Gasteiger partial charge in [-0.1, -0.05) is 42.5 Å². The standard InChI is InChI=1S/2C25H28F3NO5.C24H25F4NO5.C21H25NO5S/c1-24(2,3)34-23(31)29-11-10-15-13-18(7-8-19(15)21(29)22(30)32-5)33-14-16-12-17(25(4,27)28)6-9-20(16)26;1-24(2,3)34-23(31)29-9-8-16-12-19(6-7-20(16)21(29)22(30)32-5)33-14-15-10-17(25(4,27)28)13-18(26)11-15;1-23(2,3)34-22(31)29-11-10-14-12-15(8-9-16(14)20(29)21(30)32-4)33-13-17-18(24(26,27)28)6-5-7-19(17)25;1-21(2,3)27-20(24)22-10-9-14-12-15(26-13-16-6-5-11-28-16)7-8-17(14)18(22)19(23)25-4/h6-9,12-13,21H,10-11,14H2,1-5H3;6-7,10-13,21H,8-9,14H2,1-5H3;5-9,12,20H,10-11,13H2,1-4H3;5-8,11-12,18H,9-10,13H2,1-4H3/t2*21-;20-;18-/m1111/s1. The predicted molar refractivity (Wildman–Crippen MR) is 456 cm³/mol. The van der Waals surface area contributed by atoms with E-state index in [2.05, 4.69) is 0 Å². The van der Waals surface area contributed by atoms with E-state index in [1.54, 1.807) is 137 Å². The molecule has 130 heavy (non-hydrogen) atoms. The number of amides is 4. The maximum absolute atomic E-state index is 14.1. The molecule has 702 valence electrons. The molecule has 4 aliphatic heterocycles. The number of carbonyl (C=O) groups excluding carboxylic acids is 8. The summed E-state index contributed by atoms with van der Waals surface area (Å²) in [5.41, 5.74) is 0.467. The zero-order valence-electron chi connectivity index (χ0n) is 75.3. The molecule has 5 heterocycles. The smallest absolute Gasteiger partial charge is 0.416 e. The van der Waals surface area contributed by atoms with E-state index in [4.69, 9.17) is 56.8 Å². The van der Waals surface area contributed by atoms with Gasteiger partial charge in [0.2, 0.25) is 0 Å². The number of thiophene rings is 1. The van der Waals surface area contributed by atoms with E-state index < -0.39 is 154 Å². The second kappa shape index (κ2) is 42.1. The van der Waals surface area contributed by atoms with Crippen LogP contribution in [0.2, 0.25) is 0 Å². The SMILES string of the molecule is COC(=O)[C@H]1c2ccc(OCc3c(F)cccc3C(F)(F)F)cc2CCN1C(=O)OC(C)(C)C.COC(=O)[C@H]1c2ccc(OCc3cc(C(C)(F)F)ccc3F)cc2CCN1C(=O)OC(C)(C)C.COC(=O)[C@H]1c2ccc(OCc3cc(F)cc(C(C)(F)F)c3)cc2CCN1C(=O)OC(C)(C)C.COC(=O)[C@H]1c2ccc(OCc3cccs3)cc2CCN1C(=O)OC(C)(C)C. The third kappa shape index (κ3) is 27.4. The molecule has 0 radical (unpaired) electrons. The molecule has 8 aromatic rings. The van der Waals surface area contributed by atoms with Crippen molar-refractivity contribution in [2.24, 2.45) is 0 Å². The van der Waals surface area contributed by atoms with Crippen LogP contribution in [0.15, 0.2) is 145 Å². The molecule has 35 heteroatoms. The van der Waals surface area contributed by atoms with E-state index in [0.717, 1.165) is 88.3 Å². The van der Waals surface area contributed by atoms with Gasteiger partial charge >= 0.3 is 54.4 Å². The zero-order valence-corrected chi connectivity index (χ0v) is 76.1. The largest absolute Gasteiger partial charge is 0.489 e. The molecule has 0 N–H and O–H groups in total. The van der Waals surface area contributed by atoms with E-state index in [-0.39, 0.29) is 55.3 Å². The number of hydrogen-bond donors (Lipinski definition) is 0. The van der Waals surface area contributed by atoms with Gasteiger partial charge in [0.1, 0.15) is 89.3 Å². The second-order valence-electron chi connectivity index (χ2n) is 34.8. The van der Waals surface area contributed by atoms with Gasteiger partial charge in [-0.15, -0.1) is 11.3 Å². The number of ether oxygens (including phenoxy) is 12. The Morgan fingerprint density at radius 1 is 0.362 bits per heavy atom. The van der Waals surface area contributed by atoms with Gasteiger partial charge in [-0.05, 0) is 261 Å². The Balaban J connectivity index is 0.000000196. The summed E-state index contributed by atoms with van der Waals surface area (Å²) in [7, 11) is 5.01. The molecule has 0 spiro atoms. The monoisotopic (exact) mass is 1840 g/mol. The van der Waals surface area contributed by atoms with Gasteiger partial charge in [0, 0.05) is 67.2 Å². The van der Waals surface area contributed by atoms with Crippen LogP contribution in [0.25, 0.3) is 0 Å². The van der Waals surface area contributed by atoms with Gasteiger partial charge in [-0.3, -0.25) is 19.6 Å². The number of halogens is 10. The van der Waals surface area contributed by atoms with E-state index >= 15 is 0 Å². The minimum Gasteiger partial charge on any atom is -0.489 e. The van der Waals surface area contributed by atoms with Gasteiger partial charge in [-0.2, -0.15) is 13.2 Å². The minimum atomic E-state index is -4.73. The lowest BCUT2D eigenvalue weighted by Crippen LogP contribution is -2.46. The summed E-state index contributed by atoms with van der Waals surface area (Å²) in [6, 6.07) is 29.1. The molecule has 0 saturated carbocycles. The number of hydrogen-bond acceptors (Lipinski definition) is 21. The Labute approximate surface area is 751 Å². The van der Waals surface area contributed by atoms with Crippen LogP contribution in [0.3, 0.4) is 0 Å². The number of rotatable bonds is 18. The molecule has 4 aliphatic rings. The first-order chi connectivity index (χ1) is 60.7. The highest BCUT2D eigenvalue weighted by Crippen LogP contribution is 2.42. The Hall–Kier alpha value is -12.3. The molecular formula is C95H106F10N4O20S. The topological polar surface area (TPSA) is 260 Å². The van der Waals surface area contributed by atoms with E-state index in [1.807, 2.05) is 35.7 Å². The van der Waals surface area contributed by atoms with Crippen LogP contribution in [0.5, 0.6) is 23.0 Å². The third-order valence-electron chi connectivity index (χ3n) is 20.2. The molecule has 24 nitrogen and oxygen atoms in total. The van der Waals surface area contributed by atoms with Crippen LogP contribution in [0, 0.1) is 17.5 Å². The number of benzene rings is 7. The van der Waals surface area contributed by atoms with Crippen molar-refractivity contribution in [2.75, 3.05) is 54.6 Å². The van der Waals surface area contributed by atoms with Crippen molar-refractivity contribution in [3.8, 4) is 23.0 Å². The van der Waals surface area contributed by atoms with Gasteiger partial charge < -0.3 is 56.8 Å². The number of esters is 4. The van der Waals surface area contributed by atoms with Crippen LogP contribution in [0.4, 0.5) is 63.1 Å². The number of carbonyl (C=O) groups is 8. The van der Waals surface area contributed by atoms with Gasteiger partial charge in [-0.25, -0.2) is 69.1 Å². The highest BCUT2D eigenvalue weighted by atomic mass is 32.1. The molecule has 0 saturated heterocycles. The van der Waals surface area contributed by atoms with Crippen molar-refractivity contribution in [3.63, 3.8) is 0 Å². The molecule has 0 bridgehead atoms. The van der Waals surface area contributed by atoms with E-state index in [9.17, 15) is 82.3 Å². The summed E-state index contributed by atoms with van der Waals surface area (Å²) in [5.74, 6) is -9.35. The van der Waals surface area contributed by atoms with Crippen LogP contribution in [-0.4, -0.2) is 145 Å². The van der Waals surface area contributed by atoms with Crippen molar-refractivity contribution in [1.29, 1.82) is 0 Å². The molecule has 7 aromatic carbocycles. The summed E-state index contributed by atoms with van der Waals surface area (Å²) < 4.78 is 200. The number of fused-ring (bicyclic) bond motifs is 4. The number of alkyl halides is 7. The second-order valence-corrected chi connectivity index (χ2v) is 35.8. The molecule has 4 atom stereocenters. The molecule has 12 rings (SSSR count). The lowest BCUT2D eigenvalue weighted by atomic mass is 9.92. The van der Waals surface area contributed by atoms with Gasteiger partial charge in [0.15, 0.2) is 24.2 Å². The highest BCUT2D eigenvalue weighted by Gasteiger charge is 2.45. The van der Waals surface area contributed by atoms with Crippen LogP contribution < -0.4 is 18.9 Å². The summed E-state index contributed by atoms with van der Waals surface area (Å²) >= 11 is 1.64. The molecule has 4 amide bonds. The maximum Gasteiger partial charge on any atom is 0.416 e. The van der Waals surface area contributed by atoms with Crippen molar-refractivity contribution < 1.29 is 139 Å². The van der Waals surface area contributed by atoms with Crippen LogP contribution in [-0.2, 0) is 127 Å². The summed E-state index contributed by atoms with van der Waals surface area (Å²) in [5, 5.41) is 2.01. The van der Waals surface area contributed by atoms with Gasteiger partial charge in [0.25, 0.3) is 11.8 Å². The van der Waals surface area contributed by atoms with Crippen molar-refractivity contribution >= 4 is 59.6 Å². The number of methoxy groups -OCH3 is 4. The molecule has 0 aliphatic carbocycles. The number of nitrogens with zero attached hydrogens (tertiary/aromatic N) is 4.